The molecule has 1 unspecified atom stereocenters. The van der Waals surface area contributed by atoms with E-state index in [1.165, 1.54) is 0 Å². The minimum Gasteiger partial charge on any atom is -0.480 e. The first-order chi connectivity index (χ1) is 19.3. The monoisotopic (exact) mass is 580 g/mol. The molecule has 0 saturated heterocycles. The van der Waals surface area contributed by atoms with Crippen LogP contribution in [0.2, 0.25) is 0 Å². The van der Waals surface area contributed by atoms with Gasteiger partial charge in [-0.25, -0.2) is 14.4 Å². The van der Waals surface area contributed by atoms with E-state index in [0.717, 1.165) is 11.1 Å². The summed E-state index contributed by atoms with van der Waals surface area (Å²) in [6.07, 6.45) is -5.20. The van der Waals surface area contributed by atoms with Crippen molar-refractivity contribution in [3.8, 4) is 0 Å². The smallest absolute Gasteiger partial charge is 0.480 e. The molecule has 0 aliphatic carbocycles. The number of carboxylic acids is 2. The highest BCUT2D eigenvalue weighted by atomic mass is 19.4. The van der Waals surface area contributed by atoms with E-state index in [4.69, 9.17) is 25.9 Å². The van der Waals surface area contributed by atoms with Gasteiger partial charge >= 0.3 is 24.1 Å². The molecule has 2 aromatic carbocycles. The Labute approximate surface area is 231 Å². The molecule has 16 heteroatoms. The van der Waals surface area contributed by atoms with E-state index in [0.29, 0.717) is 17.7 Å². The van der Waals surface area contributed by atoms with Crippen LogP contribution in [0.1, 0.15) is 29.5 Å². The number of alkyl halides is 3. The number of amidine groups is 1. The highest BCUT2D eigenvalue weighted by Gasteiger charge is 2.38. The van der Waals surface area contributed by atoms with Crippen LogP contribution in [0.5, 0.6) is 0 Å². The quantitative estimate of drug-likeness (QED) is 0.161. The lowest BCUT2D eigenvalue weighted by Gasteiger charge is -2.16. The first-order valence-corrected chi connectivity index (χ1v) is 11.8. The summed E-state index contributed by atoms with van der Waals surface area (Å²) in [5.74, 6) is -4.49. The Morgan fingerprint density at radius 3 is 2.20 bits per heavy atom. The number of nitrogens with zero attached hydrogens (tertiary/aromatic N) is 1. The second-order valence-electron chi connectivity index (χ2n) is 8.48. The maximum absolute atomic E-state index is 12.3. The van der Waals surface area contributed by atoms with Gasteiger partial charge in [0.05, 0.1) is 12.1 Å². The summed E-state index contributed by atoms with van der Waals surface area (Å²) in [4.78, 5) is 50.0. The van der Waals surface area contributed by atoms with E-state index >= 15 is 0 Å². The van der Waals surface area contributed by atoms with Gasteiger partial charge in [0.25, 0.3) is 0 Å². The number of carbonyl (C=O) groups excluding carboxylic acids is 2. The molecular weight excluding hydrogens is 553 g/mol. The van der Waals surface area contributed by atoms with Crippen LogP contribution >= 0.6 is 0 Å². The van der Waals surface area contributed by atoms with Gasteiger partial charge < -0.3 is 36.7 Å². The maximum atomic E-state index is 12.3. The predicted octanol–water partition coefficient (Wildman–Crippen LogP) is 1.56. The Balaban J connectivity index is 0.000000745. The molecular formula is C25H27F3N6O7. The minimum absolute atomic E-state index is 0.0227. The summed E-state index contributed by atoms with van der Waals surface area (Å²) in [6.45, 7) is -0.0376. The number of carboxylic acid groups (broad SMARTS) is 2. The molecule has 220 valence electrons. The molecule has 0 radical (unpaired) electrons. The number of benzene rings is 2. The fourth-order valence-corrected chi connectivity index (χ4v) is 3.23. The zero-order valence-electron chi connectivity index (χ0n) is 21.3. The Kier molecular flexibility index (Phi) is 11.6. The van der Waals surface area contributed by atoms with Gasteiger partial charge in [-0.1, -0.05) is 59.8 Å². The summed E-state index contributed by atoms with van der Waals surface area (Å²) in [5.41, 5.74) is 8.36. The number of nitrogen functional groups attached to an aromatic ring is 1. The Morgan fingerprint density at radius 2 is 1.66 bits per heavy atom. The maximum Gasteiger partial charge on any atom is 0.490 e. The molecule has 8 N–H and O–H groups in total. The van der Waals surface area contributed by atoms with Crippen molar-refractivity contribution in [1.29, 1.82) is 5.41 Å². The van der Waals surface area contributed by atoms with Crippen molar-refractivity contribution in [2.45, 2.75) is 37.7 Å². The standard InChI is InChI=1S/C23H26N6O5.C2HF3O2/c24-21(25)16-8-6-15(7-9-16)18-10-17(34-29-18)11-20(30)26-13-19(22(31)32)28-23(33)27-12-14-4-2-1-3-5-14;3-2(4,5)1(6)7/h1-9,17,19H,10-13H2,(H3,24,25)(H,26,30)(H,31,32)(H2,27,28,33);(H,6,7)/t17?,19-;/m0./s1. The highest BCUT2D eigenvalue weighted by Crippen LogP contribution is 2.19. The van der Waals surface area contributed by atoms with Crippen molar-refractivity contribution >= 4 is 35.4 Å². The third-order valence-corrected chi connectivity index (χ3v) is 5.32. The van der Waals surface area contributed by atoms with Gasteiger partial charge in [0, 0.05) is 25.1 Å². The van der Waals surface area contributed by atoms with Crippen LogP contribution in [0.3, 0.4) is 0 Å². The first kappa shape index (κ1) is 32.1. The van der Waals surface area contributed by atoms with Gasteiger partial charge in [0.2, 0.25) is 5.91 Å². The Morgan fingerprint density at radius 1 is 1.05 bits per heavy atom. The summed E-state index contributed by atoms with van der Waals surface area (Å²) < 4.78 is 31.7. The average Bonchev–Trinajstić information content (AvgIpc) is 3.38. The lowest BCUT2D eigenvalue weighted by molar-refractivity contribution is -0.192. The van der Waals surface area contributed by atoms with Crippen LogP contribution in [0.25, 0.3) is 0 Å². The van der Waals surface area contributed by atoms with Crippen LogP contribution in [0.15, 0.2) is 59.8 Å². The zero-order valence-corrected chi connectivity index (χ0v) is 21.3. The first-order valence-electron chi connectivity index (χ1n) is 11.8. The molecule has 2 atom stereocenters. The van der Waals surface area contributed by atoms with Crippen molar-refractivity contribution in [2.75, 3.05) is 6.54 Å². The molecule has 0 spiro atoms. The molecule has 3 amide bonds. The topological polar surface area (TPSA) is 216 Å². The van der Waals surface area contributed by atoms with Gasteiger partial charge in [-0.3, -0.25) is 10.2 Å². The van der Waals surface area contributed by atoms with Crippen LogP contribution in [0.4, 0.5) is 18.0 Å². The van der Waals surface area contributed by atoms with Gasteiger partial charge in [0.1, 0.15) is 18.0 Å². The molecule has 1 aliphatic rings. The van der Waals surface area contributed by atoms with Crippen molar-refractivity contribution in [3.05, 3.63) is 71.3 Å². The van der Waals surface area contributed by atoms with Crippen molar-refractivity contribution in [1.82, 2.24) is 16.0 Å². The SMILES string of the molecule is N=C(N)c1ccc(C2=NOC(CC(=O)NC[C@H](NC(=O)NCc3ccccc3)C(=O)O)C2)cc1.O=C(O)C(F)(F)F. The normalized spacial score (nSPS) is 14.7. The summed E-state index contributed by atoms with van der Waals surface area (Å²) in [7, 11) is 0. The zero-order chi connectivity index (χ0) is 30.6. The van der Waals surface area contributed by atoms with Gasteiger partial charge in [0.15, 0.2) is 0 Å². The van der Waals surface area contributed by atoms with E-state index in [1.54, 1.807) is 24.3 Å². The Bertz CT molecular complexity index is 1270. The number of nitrogens with two attached hydrogens (primary N) is 1. The number of carbonyl (C=O) groups is 4. The van der Waals surface area contributed by atoms with Crippen molar-refractivity contribution in [2.24, 2.45) is 10.9 Å². The number of rotatable bonds is 10. The second kappa shape index (κ2) is 14.9. The minimum atomic E-state index is -5.08. The molecule has 0 aromatic heterocycles. The third-order valence-electron chi connectivity index (χ3n) is 5.32. The third kappa shape index (κ3) is 11.2. The summed E-state index contributed by atoms with van der Waals surface area (Å²) in [5, 5.41) is 35.4. The van der Waals surface area contributed by atoms with E-state index in [9.17, 15) is 32.7 Å². The van der Waals surface area contributed by atoms with Crippen LogP contribution in [0, 0.1) is 5.41 Å². The van der Waals surface area contributed by atoms with Crippen molar-refractivity contribution in [3.63, 3.8) is 0 Å². The van der Waals surface area contributed by atoms with Crippen LogP contribution in [-0.2, 0) is 25.8 Å². The lowest BCUT2D eigenvalue weighted by atomic mass is 10.0. The van der Waals surface area contributed by atoms with Gasteiger partial charge in [-0.15, -0.1) is 0 Å². The summed E-state index contributed by atoms with van der Waals surface area (Å²) >= 11 is 0. The number of aliphatic carboxylic acids is 2. The molecule has 1 heterocycles. The number of hydrogen-bond acceptors (Lipinski definition) is 7. The molecule has 2 aromatic rings. The van der Waals surface area contributed by atoms with E-state index in [-0.39, 0.29) is 25.3 Å². The van der Waals surface area contributed by atoms with E-state index < -0.39 is 42.2 Å². The molecule has 41 heavy (non-hydrogen) atoms. The molecule has 3 rings (SSSR count). The largest absolute Gasteiger partial charge is 0.490 e. The average molecular weight is 581 g/mol. The summed E-state index contributed by atoms with van der Waals surface area (Å²) in [6, 6.07) is 14.2. The fraction of sp³-hybridized carbons (Fsp3) is 0.280. The number of halogens is 3. The molecule has 0 saturated carbocycles. The lowest BCUT2D eigenvalue weighted by Crippen LogP contribution is -2.51. The highest BCUT2D eigenvalue weighted by molar-refractivity contribution is 6.02. The molecule has 1 aliphatic heterocycles. The van der Waals surface area contributed by atoms with Crippen molar-refractivity contribution < 1.29 is 47.4 Å². The van der Waals surface area contributed by atoms with E-state index in [1.807, 2.05) is 30.3 Å². The number of urea groups is 1. The number of hydrogen-bond donors (Lipinski definition) is 7. The fourth-order valence-electron chi connectivity index (χ4n) is 3.23. The number of amides is 3. The Hall–Kier alpha value is -5.15. The molecule has 13 nitrogen and oxygen atoms in total. The predicted molar refractivity (Wildman–Crippen MR) is 138 cm³/mol. The number of nitrogens with one attached hydrogen (secondary N) is 4. The molecule has 0 bridgehead atoms. The second-order valence-corrected chi connectivity index (χ2v) is 8.48. The van der Waals surface area contributed by atoms with Gasteiger partial charge in [-0.05, 0) is 11.1 Å². The molecule has 0 fully saturated rings. The van der Waals surface area contributed by atoms with Crippen LogP contribution in [-0.4, -0.2) is 70.5 Å². The van der Waals surface area contributed by atoms with Crippen LogP contribution < -0.4 is 21.7 Å². The van der Waals surface area contributed by atoms with E-state index in [2.05, 4.69) is 21.1 Å². The number of oxime groups is 1. The van der Waals surface area contributed by atoms with Gasteiger partial charge in [-0.2, -0.15) is 13.2 Å².